The third-order valence-electron chi connectivity index (χ3n) is 16.6. The molecule has 0 saturated heterocycles. The van der Waals surface area contributed by atoms with Crippen molar-refractivity contribution in [3.63, 3.8) is 0 Å². The molecule has 0 aromatic rings. The molecule has 0 aliphatic heterocycles. The zero-order valence-electron chi connectivity index (χ0n) is 52.8. The molecule has 0 amide bonds. The number of unbranched alkanes of at least 4 members (excludes halogenated alkanes) is 56. The van der Waals surface area contributed by atoms with Crippen molar-refractivity contribution in [3.05, 3.63) is 0 Å². The molecule has 0 heterocycles. The quantitative estimate of drug-likeness (QED) is 0.0343. The molecular weight excluding hydrogens is 949 g/mol. The van der Waals surface area contributed by atoms with Gasteiger partial charge >= 0.3 is 17.9 Å². The zero-order valence-corrected chi connectivity index (χ0v) is 52.8. The van der Waals surface area contributed by atoms with E-state index in [-0.39, 0.29) is 31.1 Å². The third-order valence-corrected chi connectivity index (χ3v) is 16.6. The highest BCUT2D eigenvalue weighted by molar-refractivity contribution is 5.71. The Morgan fingerprint density at radius 3 is 0.519 bits per heavy atom. The summed E-state index contributed by atoms with van der Waals surface area (Å²) in [5.74, 6) is -0.837. The maximum Gasteiger partial charge on any atom is 0.306 e. The molecule has 6 nitrogen and oxygen atoms in total. The molecule has 458 valence electrons. The number of rotatable bonds is 67. The van der Waals surface area contributed by atoms with Gasteiger partial charge in [-0.3, -0.25) is 14.4 Å². The average Bonchev–Trinajstić information content (AvgIpc) is 3.43. The van der Waals surface area contributed by atoms with E-state index in [1.165, 1.54) is 321 Å². The third kappa shape index (κ3) is 65.1. The van der Waals surface area contributed by atoms with Crippen molar-refractivity contribution in [2.75, 3.05) is 13.2 Å². The highest BCUT2D eigenvalue weighted by Crippen LogP contribution is 2.20. The predicted octanol–water partition coefficient (Wildman–Crippen LogP) is 24.2. The van der Waals surface area contributed by atoms with Gasteiger partial charge in [-0.2, -0.15) is 0 Å². The molecule has 0 aromatic heterocycles. The lowest BCUT2D eigenvalue weighted by atomic mass is 10.0. The summed E-state index contributed by atoms with van der Waals surface area (Å²) >= 11 is 0. The Balaban J connectivity index is 3.94. The maximum atomic E-state index is 12.9. The zero-order chi connectivity index (χ0) is 55.7. The lowest BCUT2D eigenvalue weighted by Gasteiger charge is -2.18. The van der Waals surface area contributed by atoms with E-state index < -0.39 is 6.10 Å². The van der Waals surface area contributed by atoms with Crippen LogP contribution in [-0.4, -0.2) is 37.2 Å². The van der Waals surface area contributed by atoms with Crippen molar-refractivity contribution in [2.24, 2.45) is 0 Å². The Bertz CT molecular complexity index is 1160. The van der Waals surface area contributed by atoms with Gasteiger partial charge in [-0.1, -0.05) is 380 Å². The second-order valence-corrected chi connectivity index (χ2v) is 24.5. The van der Waals surface area contributed by atoms with Gasteiger partial charge in [-0.15, -0.1) is 0 Å². The van der Waals surface area contributed by atoms with Gasteiger partial charge in [-0.25, -0.2) is 0 Å². The molecular formula is C71H138O6. The SMILES string of the molecule is CCCCCCCCCCCCCCCCCCCCCCCCCCCCCCC(=O)OCC(COC(=O)CCCCCCCC)OC(=O)CCCCCCCCCCCCCCCCCCCCCCCCCCC. The second kappa shape index (κ2) is 66.9. The highest BCUT2D eigenvalue weighted by atomic mass is 16.6. The molecule has 0 spiro atoms. The molecule has 0 rings (SSSR count). The van der Waals surface area contributed by atoms with Gasteiger partial charge in [0.15, 0.2) is 6.10 Å². The first-order chi connectivity index (χ1) is 38.0. The van der Waals surface area contributed by atoms with Gasteiger partial charge in [0.05, 0.1) is 0 Å². The van der Waals surface area contributed by atoms with E-state index in [2.05, 4.69) is 20.8 Å². The maximum absolute atomic E-state index is 12.9. The lowest BCUT2D eigenvalue weighted by Crippen LogP contribution is -2.30. The summed E-state index contributed by atoms with van der Waals surface area (Å²) in [5, 5.41) is 0. The van der Waals surface area contributed by atoms with Crippen LogP contribution in [0.2, 0.25) is 0 Å². The molecule has 0 aliphatic carbocycles. The van der Waals surface area contributed by atoms with Crippen LogP contribution in [0, 0.1) is 0 Å². The van der Waals surface area contributed by atoms with Crippen LogP contribution in [0.1, 0.15) is 419 Å². The van der Waals surface area contributed by atoms with Gasteiger partial charge in [0.2, 0.25) is 0 Å². The van der Waals surface area contributed by atoms with E-state index in [0.29, 0.717) is 19.3 Å². The molecule has 0 saturated carbocycles. The normalized spacial score (nSPS) is 11.9. The smallest absolute Gasteiger partial charge is 0.306 e. The summed E-state index contributed by atoms with van der Waals surface area (Å²) in [7, 11) is 0. The number of ether oxygens (including phenoxy) is 3. The summed E-state index contributed by atoms with van der Waals surface area (Å²) in [6, 6.07) is 0. The van der Waals surface area contributed by atoms with Gasteiger partial charge in [-0.05, 0) is 19.3 Å². The topological polar surface area (TPSA) is 78.9 Å². The number of carbonyl (C=O) groups is 3. The first-order valence-electron chi connectivity index (χ1n) is 35.5. The largest absolute Gasteiger partial charge is 0.462 e. The Kier molecular flexibility index (Phi) is 65.5. The van der Waals surface area contributed by atoms with Crippen LogP contribution in [-0.2, 0) is 28.6 Å². The minimum atomic E-state index is -0.761. The fraction of sp³-hybridized carbons (Fsp3) is 0.958. The molecule has 0 aliphatic rings. The summed E-state index contributed by atoms with van der Waals surface area (Å²) in [6.45, 7) is 6.68. The molecule has 0 fully saturated rings. The van der Waals surface area contributed by atoms with Crippen molar-refractivity contribution in [1.82, 2.24) is 0 Å². The number of esters is 3. The molecule has 1 atom stereocenters. The summed E-state index contributed by atoms with van der Waals surface area (Å²) < 4.78 is 16.9. The average molecular weight is 1090 g/mol. The lowest BCUT2D eigenvalue weighted by molar-refractivity contribution is -0.167. The van der Waals surface area contributed by atoms with E-state index in [0.717, 1.165) is 57.8 Å². The molecule has 0 N–H and O–H groups in total. The Hall–Kier alpha value is -1.59. The summed E-state index contributed by atoms with van der Waals surface area (Å²) in [5.41, 5.74) is 0. The minimum absolute atomic E-state index is 0.0616. The fourth-order valence-electron chi connectivity index (χ4n) is 11.3. The Morgan fingerprint density at radius 1 is 0.208 bits per heavy atom. The van der Waals surface area contributed by atoms with Crippen molar-refractivity contribution in [1.29, 1.82) is 0 Å². The van der Waals surface area contributed by atoms with Crippen molar-refractivity contribution in [2.45, 2.75) is 425 Å². The van der Waals surface area contributed by atoms with Crippen LogP contribution in [0.15, 0.2) is 0 Å². The fourth-order valence-corrected chi connectivity index (χ4v) is 11.3. The predicted molar refractivity (Wildman–Crippen MR) is 335 cm³/mol. The van der Waals surface area contributed by atoms with Crippen molar-refractivity contribution < 1.29 is 28.6 Å². The summed E-state index contributed by atoms with van der Waals surface area (Å²) in [4.78, 5) is 38.1. The molecule has 77 heavy (non-hydrogen) atoms. The summed E-state index contributed by atoms with van der Waals surface area (Å²) in [6.07, 6.45) is 79.0. The van der Waals surface area contributed by atoms with Crippen molar-refractivity contribution in [3.8, 4) is 0 Å². The number of hydrogen-bond donors (Lipinski definition) is 0. The van der Waals surface area contributed by atoms with Gasteiger partial charge in [0.1, 0.15) is 13.2 Å². The van der Waals surface area contributed by atoms with E-state index >= 15 is 0 Å². The first-order valence-corrected chi connectivity index (χ1v) is 35.5. The standard InChI is InChI=1S/C71H138O6/c1-4-7-10-13-16-18-20-22-24-26-28-30-32-34-35-36-38-39-41-43-45-47-49-51-53-55-58-61-64-70(73)76-67-68(66-75-69(72)63-60-57-15-12-9-6-3)77-71(74)65-62-59-56-54-52-50-48-46-44-42-40-37-33-31-29-27-25-23-21-19-17-14-11-8-5-2/h68H,4-67H2,1-3H3. The number of hydrogen-bond acceptors (Lipinski definition) is 6. The first kappa shape index (κ1) is 75.4. The molecule has 0 bridgehead atoms. The second-order valence-electron chi connectivity index (χ2n) is 24.5. The Morgan fingerprint density at radius 2 is 0.351 bits per heavy atom. The highest BCUT2D eigenvalue weighted by Gasteiger charge is 2.19. The monoisotopic (exact) mass is 1090 g/mol. The molecule has 6 heteroatoms. The molecule has 0 aromatic carbocycles. The molecule has 1 unspecified atom stereocenters. The molecule has 0 radical (unpaired) electrons. The van der Waals surface area contributed by atoms with E-state index in [9.17, 15) is 14.4 Å². The van der Waals surface area contributed by atoms with Crippen LogP contribution >= 0.6 is 0 Å². The Labute approximate surface area is 482 Å². The van der Waals surface area contributed by atoms with E-state index in [1.807, 2.05) is 0 Å². The minimum Gasteiger partial charge on any atom is -0.462 e. The van der Waals surface area contributed by atoms with Crippen LogP contribution in [0.5, 0.6) is 0 Å². The van der Waals surface area contributed by atoms with Crippen LogP contribution in [0.25, 0.3) is 0 Å². The van der Waals surface area contributed by atoms with Gasteiger partial charge in [0, 0.05) is 19.3 Å². The van der Waals surface area contributed by atoms with E-state index in [4.69, 9.17) is 14.2 Å². The number of carbonyl (C=O) groups excluding carboxylic acids is 3. The van der Waals surface area contributed by atoms with Gasteiger partial charge < -0.3 is 14.2 Å². The van der Waals surface area contributed by atoms with Crippen LogP contribution in [0.4, 0.5) is 0 Å². The van der Waals surface area contributed by atoms with Crippen molar-refractivity contribution >= 4 is 17.9 Å². The van der Waals surface area contributed by atoms with Gasteiger partial charge in [0.25, 0.3) is 0 Å². The van der Waals surface area contributed by atoms with Crippen LogP contribution < -0.4 is 0 Å². The van der Waals surface area contributed by atoms with E-state index in [1.54, 1.807) is 0 Å². The van der Waals surface area contributed by atoms with Crippen LogP contribution in [0.3, 0.4) is 0 Å².